The van der Waals surface area contributed by atoms with Crippen LogP contribution in [0.2, 0.25) is 0 Å². The number of carbonyl (C=O) groups is 1. The number of ether oxygens (including phenoxy) is 1. The SMILES string of the molecule is O=CCOC(F)C(F)F. The Morgan fingerprint density at radius 2 is 2.00 bits per heavy atom. The van der Waals surface area contributed by atoms with E-state index in [-0.39, 0.29) is 6.29 Å². The molecule has 0 aromatic rings. The van der Waals surface area contributed by atoms with Crippen molar-refractivity contribution in [1.82, 2.24) is 0 Å². The van der Waals surface area contributed by atoms with Gasteiger partial charge in [-0.15, -0.1) is 0 Å². The van der Waals surface area contributed by atoms with Gasteiger partial charge in [0.15, 0.2) is 0 Å². The molecule has 5 heteroatoms. The van der Waals surface area contributed by atoms with Crippen LogP contribution in [0.4, 0.5) is 13.2 Å². The van der Waals surface area contributed by atoms with Crippen LogP contribution in [-0.4, -0.2) is 25.7 Å². The Bertz CT molecular complexity index is 85.9. The van der Waals surface area contributed by atoms with Crippen LogP contribution in [0, 0.1) is 0 Å². The summed E-state index contributed by atoms with van der Waals surface area (Å²) in [7, 11) is 0. The maximum absolute atomic E-state index is 11.6. The number of hydrogen-bond donors (Lipinski definition) is 0. The van der Waals surface area contributed by atoms with E-state index >= 15 is 0 Å². The molecule has 0 spiro atoms. The van der Waals surface area contributed by atoms with E-state index in [4.69, 9.17) is 0 Å². The first-order chi connectivity index (χ1) is 4.18. The first kappa shape index (κ1) is 8.42. The minimum atomic E-state index is -3.18. The van der Waals surface area contributed by atoms with E-state index in [1.807, 2.05) is 0 Å². The van der Waals surface area contributed by atoms with Crippen LogP contribution in [-0.2, 0) is 9.53 Å². The second-order valence-corrected chi connectivity index (χ2v) is 1.19. The van der Waals surface area contributed by atoms with Crippen LogP contribution in [0.1, 0.15) is 0 Å². The van der Waals surface area contributed by atoms with Crippen molar-refractivity contribution in [3.8, 4) is 0 Å². The molecule has 0 amide bonds. The third kappa shape index (κ3) is 3.96. The highest BCUT2D eigenvalue weighted by Crippen LogP contribution is 2.05. The molecule has 0 radical (unpaired) electrons. The van der Waals surface area contributed by atoms with Crippen molar-refractivity contribution in [3.63, 3.8) is 0 Å². The molecular weight excluding hydrogens is 137 g/mol. The van der Waals surface area contributed by atoms with Gasteiger partial charge in [-0.05, 0) is 0 Å². The fraction of sp³-hybridized carbons (Fsp3) is 0.750. The first-order valence-electron chi connectivity index (χ1n) is 2.16. The zero-order valence-electron chi connectivity index (χ0n) is 4.39. The van der Waals surface area contributed by atoms with Crippen LogP contribution in [0.25, 0.3) is 0 Å². The molecule has 0 rings (SSSR count). The summed E-state index contributed by atoms with van der Waals surface area (Å²) >= 11 is 0. The number of halogens is 3. The van der Waals surface area contributed by atoms with Gasteiger partial charge in [0, 0.05) is 0 Å². The molecule has 9 heavy (non-hydrogen) atoms. The standard InChI is InChI=1S/C4H5F3O2/c5-3(6)4(7)9-2-1-8/h1,3-4H,2H2. The van der Waals surface area contributed by atoms with Crippen molar-refractivity contribution in [2.45, 2.75) is 12.8 Å². The molecule has 1 atom stereocenters. The Kier molecular flexibility index (Phi) is 4.04. The third-order valence-electron chi connectivity index (χ3n) is 0.522. The van der Waals surface area contributed by atoms with Crippen molar-refractivity contribution < 1.29 is 22.7 Å². The lowest BCUT2D eigenvalue weighted by molar-refractivity contribution is -0.139. The maximum atomic E-state index is 11.6. The van der Waals surface area contributed by atoms with Gasteiger partial charge in [-0.3, -0.25) is 0 Å². The molecule has 2 nitrogen and oxygen atoms in total. The number of aldehydes is 1. The minimum absolute atomic E-state index is 0.203. The Morgan fingerprint density at radius 1 is 1.44 bits per heavy atom. The molecule has 0 aliphatic carbocycles. The van der Waals surface area contributed by atoms with Crippen molar-refractivity contribution in [2.75, 3.05) is 6.61 Å². The van der Waals surface area contributed by atoms with Crippen LogP contribution in [0.15, 0.2) is 0 Å². The molecule has 0 aromatic heterocycles. The van der Waals surface area contributed by atoms with Crippen LogP contribution >= 0.6 is 0 Å². The van der Waals surface area contributed by atoms with Crippen LogP contribution in [0.3, 0.4) is 0 Å². The average Bonchev–Trinajstić information content (AvgIpc) is 1.82. The molecule has 0 N–H and O–H groups in total. The number of hydrogen-bond acceptors (Lipinski definition) is 2. The number of rotatable bonds is 4. The average molecular weight is 142 g/mol. The summed E-state index contributed by atoms with van der Waals surface area (Å²) in [6.45, 7) is -0.633. The highest BCUT2D eigenvalue weighted by molar-refractivity contribution is 5.50. The molecule has 1 unspecified atom stereocenters. The van der Waals surface area contributed by atoms with Gasteiger partial charge >= 0.3 is 0 Å². The van der Waals surface area contributed by atoms with E-state index in [1.54, 1.807) is 0 Å². The van der Waals surface area contributed by atoms with Gasteiger partial charge in [-0.2, -0.15) is 0 Å². The first-order valence-corrected chi connectivity index (χ1v) is 2.16. The predicted molar refractivity (Wildman–Crippen MR) is 22.9 cm³/mol. The smallest absolute Gasteiger partial charge is 0.293 e. The van der Waals surface area contributed by atoms with Crippen molar-refractivity contribution in [1.29, 1.82) is 0 Å². The van der Waals surface area contributed by atoms with Crippen LogP contribution < -0.4 is 0 Å². The molecular formula is C4H5F3O2. The van der Waals surface area contributed by atoms with E-state index in [2.05, 4.69) is 4.74 Å². The number of alkyl halides is 3. The van der Waals surface area contributed by atoms with E-state index in [9.17, 15) is 18.0 Å². The van der Waals surface area contributed by atoms with Crippen molar-refractivity contribution in [2.24, 2.45) is 0 Å². The van der Waals surface area contributed by atoms with Crippen LogP contribution in [0.5, 0.6) is 0 Å². The van der Waals surface area contributed by atoms with Gasteiger partial charge in [0.2, 0.25) is 0 Å². The predicted octanol–water partition coefficient (Wildman–Crippen LogP) is 0.763. The Hall–Kier alpha value is -0.580. The summed E-state index contributed by atoms with van der Waals surface area (Å²) in [6, 6.07) is 0. The van der Waals surface area contributed by atoms with Gasteiger partial charge in [-0.1, -0.05) is 0 Å². The van der Waals surface area contributed by atoms with Gasteiger partial charge in [-0.25, -0.2) is 13.2 Å². The van der Waals surface area contributed by atoms with Gasteiger partial charge < -0.3 is 9.53 Å². The fourth-order valence-electron chi connectivity index (χ4n) is 0.204. The molecule has 0 aromatic carbocycles. The molecule has 0 saturated carbocycles. The van der Waals surface area contributed by atoms with Gasteiger partial charge in [0.05, 0.1) is 0 Å². The topological polar surface area (TPSA) is 26.3 Å². The number of carbonyl (C=O) groups excluding carboxylic acids is 1. The quantitative estimate of drug-likeness (QED) is 0.541. The molecule has 0 aliphatic rings. The van der Waals surface area contributed by atoms with Gasteiger partial charge in [0.25, 0.3) is 12.8 Å². The van der Waals surface area contributed by atoms with E-state index in [0.717, 1.165) is 0 Å². The molecule has 0 bridgehead atoms. The Morgan fingerprint density at radius 3 is 2.33 bits per heavy atom. The Labute approximate surface area is 49.6 Å². The Balaban J connectivity index is 3.26. The van der Waals surface area contributed by atoms with Crippen molar-refractivity contribution >= 4 is 6.29 Å². The summed E-state index contributed by atoms with van der Waals surface area (Å²) in [6.07, 6.45) is -5.62. The monoisotopic (exact) mass is 142 g/mol. The van der Waals surface area contributed by atoms with Crippen molar-refractivity contribution in [3.05, 3.63) is 0 Å². The fourth-order valence-corrected chi connectivity index (χ4v) is 0.204. The summed E-state index contributed by atoms with van der Waals surface area (Å²) in [4.78, 5) is 9.40. The summed E-state index contributed by atoms with van der Waals surface area (Å²) in [5, 5.41) is 0. The lowest BCUT2D eigenvalue weighted by atomic mass is 10.7. The minimum Gasteiger partial charge on any atom is -0.336 e. The third-order valence-corrected chi connectivity index (χ3v) is 0.522. The van der Waals surface area contributed by atoms with Gasteiger partial charge in [0.1, 0.15) is 12.9 Å². The highest BCUT2D eigenvalue weighted by Gasteiger charge is 2.18. The highest BCUT2D eigenvalue weighted by atomic mass is 19.3. The summed E-state index contributed by atoms with van der Waals surface area (Å²) in [5.41, 5.74) is 0. The zero-order valence-corrected chi connectivity index (χ0v) is 4.39. The largest absolute Gasteiger partial charge is 0.336 e. The molecule has 0 saturated heterocycles. The second-order valence-electron chi connectivity index (χ2n) is 1.19. The molecule has 54 valence electrons. The maximum Gasteiger partial charge on any atom is 0.293 e. The lowest BCUT2D eigenvalue weighted by Crippen LogP contribution is -2.17. The van der Waals surface area contributed by atoms with E-state index < -0.39 is 19.4 Å². The summed E-state index contributed by atoms with van der Waals surface area (Å²) < 4.78 is 37.5. The molecule has 0 aliphatic heterocycles. The van der Waals surface area contributed by atoms with E-state index in [0.29, 0.717) is 0 Å². The second kappa shape index (κ2) is 4.31. The molecule has 0 heterocycles. The zero-order chi connectivity index (χ0) is 7.28. The lowest BCUT2D eigenvalue weighted by Gasteiger charge is -2.03. The van der Waals surface area contributed by atoms with E-state index in [1.165, 1.54) is 0 Å². The molecule has 0 fully saturated rings. The summed E-state index contributed by atoms with van der Waals surface area (Å²) in [5.74, 6) is 0. The normalized spacial score (nSPS) is 13.8.